The third kappa shape index (κ3) is 11.0. The molecule has 39 heavy (non-hydrogen) atoms. The molecule has 1 heterocycles. The number of nitrogens with one attached hydrogen (secondary N) is 3. The highest BCUT2D eigenvalue weighted by Gasteiger charge is 2.27. The minimum atomic E-state index is -4.35. The first-order chi connectivity index (χ1) is 18.6. The van der Waals surface area contributed by atoms with E-state index >= 15 is 0 Å². The van der Waals surface area contributed by atoms with Gasteiger partial charge in [-0.05, 0) is 54.8 Å². The fourth-order valence-corrected chi connectivity index (χ4v) is 3.41. The molecule has 0 aliphatic carbocycles. The van der Waals surface area contributed by atoms with Gasteiger partial charge in [-0.3, -0.25) is 9.79 Å². The van der Waals surface area contributed by atoms with E-state index in [1.165, 1.54) is 0 Å². The third-order valence-corrected chi connectivity index (χ3v) is 5.50. The average molecular weight is 564 g/mol. The molecule has 0 aliphatic heterocycles. The van der Waals surface area contributed by atoms with E-state index in [9.17, 15) is 18.0 Å². The van der Waals surface area contributed by atoms with Gasteiger partial charge in [0.1, 0.15) is 5.82 Å². The van der Waals surface area contributed by atoms with E-state index < -0.39 is 19.0 Å². The Morgan fingerprint density at radius 2 is 1.64 bits per heavy atom. The van der Waals surface area contributed by atoms with Crippen LogP contribution in [0, 0.1) is 0 Å². The second-order valence-electron chi connectivity index (χ2n) is 8.47. The Bertz CT molecular complexity index is 1250. The second kappa shape index (κ2) is 14.1. The smallest absolute Gasteiger partial charge is 0.370 e. The van der Waals surface area contributed by atoms with Crippen LogP contribution in [0.25, 0.3) is 0 Å². The maximum absolute atomic E-state index is 12.8. The van der Waals surface area contributed by atoms with Gasteiger partial charge in [-0.25, -0.2) is 0 Å². The van der Waals surface area contributed by atoms with Gasteiger partial charge in [0.2, 0.25) is 11.9 Å². The summed E-state index contributed by atoms with van der Waals surface area (Å²) in [6.45, 7) is 1.29. The van der Waals surface area contributed by atoms with E-state index in [1.807, 2.05) is 12.1 Å². The minimum Gasteiger partial charge on any atom is -0.370 e. The number of carbonyl (C=O) groups is 1. The van der Waals surface area contributed by atoms with E-state index in [0.29, 0.717) is 42.3 Å². The van der Waals surface area contributed by atoms with Crippen LogP contribution in [0.3, 0.4) is 0 Å². The summed E-state index contributed by atoms with van der Waals surface area (Å²) in [5.41, 5.74) is 12.4. The zero-order chi connectivity index (χ0) is 28.3. The standard InChI is InChI=1S/C25H29ClF3N9O/c26-18-7-3-16(4-8-18)15-34-23-36-20(11-12-25(27,28)29)37-24(38-23)35-19-9-5-17(6-10-19)21(39)32-13-1-2-14-33-22(30)31/h3-10H,1-2,11-15H2,(H,32,39)(H4,30,31,33)(H2,34,35,36,37,38). The molecule has 10 nitrogen and oxygen atoms in total. The van der Waals surface area contributed by atoms with Gasteiger partial charge in [0.15, 0.2) is 5.96 Å². The normalized spacial score (nSPS) is 11.1. The molecule has 0 fully saturated rings. The highest BCUT2D eigenvalue weighted by atomic mass is 35.5. The molecular weight excluding hydrogens is 535 g/mol. The Kier molecular flexibility index (Phi) is 10.7. The Labute approximate surface area is 228 Å². The van der Waals surface area contributed by atoms with Crippen LogP contribution < -0.4 is 27.4 Å². The summed E-state index contributed by atoms with van der Waals surface area (Å²) < 4.78 is 38.4. The summed E-state index contributed by atoms with van der Waals surface area (Å²) in [7, 11) is 0. The Morgan fingerprint density at radius 1 is 0.949 bits per heavy atom. The Morgan fingerprint density at radius 3 is 2.31 bits per heavy atom. The van der Waals surface area contributed by atoms with Crippen molar-refractivity contribution in [1.29, 1.82) is 0 Å². The number of hydrogen-bond acceptors (Lipinski definition) is 7. The van der Waals surface area contributed by atoms with Crippen molar-refractivity contribution < 1.29 is 18.0 Å². The van der Waals surface area contributed by atoms with Crippen LogP contribution >= 0.6 is 11.6 Å². The van der Waals surface area contributed by atoms with Crippen molar-refractivity contribution in [3.63, 3.8) is 0 Å². The zero-order valence-electron chi connectivity index (χ0n) is 20.9. The molecule has 14 heteroatoms. The number of aliphatic imine (C=N–C) groups is 1. The number of unbranched alkanes of at least 4 members (excludes halogenated alkanes) is 1. The molecule has 7 N–H and O–H groups in total. The number of rotatable bonds is 13. The minimum absolute atomic E-state index is 0.0146. The first-order valence-corrected chi connectivity index (χ1v) is 12.5. The molecular formula is C25H29ClF3N9O. The number of halogens is 4. The molecule has 1 aromatic heterocycles. The lowest BCUT2D eigenvalue weighted by molar-refractivity contribution is -0.134. The van der Waals surface area contributed by atoms with E-state index in [-0.39, 0.29) is 29.6 Å². The topological polar surface area (TPSA) is 156 Å². The predicted octanol–water partition coefficient (Wildman–Crippen LogP) is 4.16. The summed E-state index contributed by atoms with van der Waals surface area (Å²) in [4.78, 5) is 28.8. The number of amides is 1. The third-order valence-electron chi connectivity index (χ3n) is 5.25. The number of carbonyl (C=O) groups excluding carboxylic acids is 1. The van der Waals surface area contributed by atoms with Crippen LogP contribution in [0.2, 0.25) is 5.02 Å². The number of benzene rings is 2. The molecule has 3 rings (SSSR count). The van der Waals surface area contributed by atoms with Gasteiger partial charge >= 0.3 is 6.18 Å². The quantitative estimate of drug-likeness (QED) is 0.118. The average Bonchev–Trinajstić information content (AvgIpc) is 2.89. The number of anilines is 3. The molecule has 2 aromatic carbocycles. The summed E-state index contributed by atoms with van der Waals surface area (Å²) in [6.07, 6.45) is -4.37. The number of nitrogens with zero attached hydrogens (tertiary/aromatic N) is 4. The van der Waals surface area contributed by atoms with E-state index in [2.05, 4.69) is 35.9 Å². The van der Waals surface area contributed by atoms with Crippen LogP contribution in [-0.2, 0) is 13.0 Å². The number of nitrogens with two attached hydrogens (primary N) is 2. The van der Waals surface area contributed by atoms with Crippen LogP contribution in [-0.4, -0.2) is 46.1 Å². The van der Waals surface area contributed by atoms with Crippen molar-refractivity contribution in [3.8, 4) is 0 Å². The van der Waals surface area contributed by atoms with Crippen LogP contribution in [0.5, 0.6) is 0 Å². The maximum atomic E-state index is 12.8. The van der Waals surface area contributed by atoms with Gasteiger partial charge < -0.3 is 27.4 Å². The van der Waals surface area contributed by atoms with E-state index in [0.717, 1.165) is 12.0 Å². The van der Waals surface area contributed by atoms with Gasteiger partial charge in [-0.15, -0.1) is 0 Å². The fourth-order valence-electron chi connectivity index (χ4n) is 3.29. The lowest BCUT2D eigenvalue weighted by Crippen LogP contribution is -2.25. The second-order valence-corrected chi connectivity index (χ2v) is 8.90. The molecule has 3 aromatic rings. The fraction of sp³-hybridized carbons (Fsp3) is 0.320. The maximum Gasteiger partial charge on any atom is 0.389 e. The summed E-state index contributed by atoms with van der Waals surface area (Å²) in [6, 6.07) is 13.6. The molecule has 0 saturated carbocycles. The highest BCUT2D eigenvalue weighted by Crippen LogP contribution is 2.22. The van der Waals surface area contributed by atoms with E-state index in [4.69, 9.17) is 23.1 Å². The van der Waals surface area contributed by atoms with Crippen molar-refractivity contribution in [2.75, 3.05) is 23.7 Å². The zero-order valence-corrected chi connectivity index (χ0v) is 21.7. The SMILES string of the molecule is NC(N)=NCCCCNC(=O)c1ccc(Nc2nc(CCC(F)(F)F)nc(NCc3ccc(Cl)cc3)n2)cc1. The molecule has 0 aliphatic rings. The molecule has 0 spiro atoms. The molecule has 0 saturated heterocycles. The Balaban J connectivity index is 1.63. The first kappa shape index (κ1) is 29.4. The molecule has 1 amide bonds. The number of aromatic nitrogens is 3. The summed E-state index contributed by atoms with van der Waals surface area (Å²) in [5, 5.41) is 9.37. The lowest BCUT2D eigenvalue weighted by Gasteiger charge is -2.12. The first-order valence-electron chi connectivity index (χ1n) is 12.1. The number of hydrogen-bond donors (Lipinski definition) is 5. The van der Waals surface area contributed by atoms with Crippen molar-refractivity contribution >= 4 is 41.1 Å². The summed E-state index contributed by atoms with van der Waals surface area (Å²) >= 11 is 5.91. The van der Waals surface area contributed by atoms with Crippen LogP contribution in [0.4, 0.5) is 30.8 Å². The van der Waals surface area contributed by atoms with Gasteiger partial charge in [-0.2, -0.15) is 28.1 Å². The van der Waals surface area contributed by atoms with Gasteiger partial charge in [0, 0.05) is 42.3 Å². The van der Waals surface area contributed by atoms with Gasteiger partial charge in [-0.1, -0.05) is 23.7 Å². The lowest BCUT2D eigenvalue weighted by atomic mass is 10.2. The molecule has 0 atom stereocenters. The monoisotopic (exact) mass is 563 g/mol. The number of guanidine groups is 1. The largest absolute Gasteiger partial charge is 0.389 e. The van der Waals surface area contributed by atoms with Crippen molar-refractivity contribution in [2.24, 2.45) is 16.5 Å². The predicted molar refractivity (Wildman–Crippen MR) is 145 cm³/mol. The van der Waals surface area contributed by atoms with Gasteiger partial charge in [0.05, 0.1) is 6.42 Å². The van der Waals surface area contributed by atoms with Gasteiger partial charge in [0.25, 0.3) is 5.91 Å². The van der Waals surface area contributed by atoms with Crippen molar-refractivity contribution in [3.05, 3.63) is 70.5 Å². The molecule has 0 radical (unpaired) electrons. The molecule has 0 unspecified atom stereocenters. The Hall–Kier alpha value is -4.13. The molecule has 0 bridgehead atoms. The number of aryl methyl sites for hydroxylation is 1. The highest BCUT2D eigenvalue weighted by molar-refractivity contribution is 6.30. The van der Waals surface area contributed by atoms with E-state index in [1.54, 1.807) is 36.4 Å². The van der Waals surface area contributed by atoms with Crippen LogP contribution in [0.15, 0.2) is 53.5 Å². The van der Waals surface area contributed by atoms with Crippen molar-refractivity contribution in [1.82, 2.24) is 20.3 Å². The summed E-state index contributed by atoms with van der Waals surface area (Å²) in [5.74, 6) is -0.0342. The van der Waals surface area contributed by atoms with Crippen molar-refractivity contribution in [2.45, 2.75) is 38.4 Å². The number of alkyl halides is 3. The molecule has 208 valence electrons. The van der Waals surface area contributed by atoms with Crippen LogP contribution in [0.1, 0.15) is 41.0 Å².